The van der Waals surface area contributed by atoms with Gasteiger partial charge >= 0.3 is 5.51 Å². The minimum atomic E-state index is -6.15. The summed E-state index contributed by atoms with van der Waals surface area (Å²) in [7, 11) is -11.1. The molecule has 3 saturated carbocycles. The minimum absolute atomic E-state index is 0.00904. The standard InChI is InChI=1S/C66H80F3N9O10S3/c1-63(2)27-23-44(51(37-63)65-40-64(3,41-65)42-65)38-76-32-34-77(35-33-76)47-17-15-43(16-18-47)59(81)74-91(87,88)49-19-20-52(55(36-49)90(85,86)66(67,68)69)71-46(39-89-48-10-5-4-6-11-48)26-31-75-29-24-45(25-30-75)72-56(79)14-7-8-28-70-53-13-9-12-50-58(53)62(84)78(61(50)83)54-21-22-57(80)73-60(54)82/h4-6,9-13,15-20,36,45-46,54,70-71H,7-8,14,21-35,37-42H2,1-3H3,(H,72,79)(H,74,81)(H,73,80,82)/t46-,54?,64?,65?/m1/s1. The van der Waals surface area contributed by atoms with Crippen molar-refractivity contribution in [2.45, 2.75) is 149 Å². The molecule has 19 nitrogen and oxygen atoms in total. The number of hydrogen-bond donors (Lipinski definition) is 5. The van der Waals surface area contributed by atoms with Gasteiger partial charge in [0.15, 0.2) is 0 Å². The Morgan fingerprint density at radius 1 is 0.780 bits per heavy atom. The number of thioether (sulfide) groups is 1. The largest absolute Gasteiger partial charge is 0.501 e. The Balaban J connectivity index is 0.664. The number of carbonyl (C=O) groups is 6. The predicted octanol–water partition coefficient (Wildman–Crippen LogP) is 9.14. The topological polar surface area (TPSA) is 244 Å². The molecule has 2 bridgehead atoms. The number of rotatable bonds is 24. The number of piperazine rings is 1. The van der Waals surface area contributed by atoms with Crippen LogP contribution in [0.1, 0.15) is 142 Å². The number of unbranched alkanes of at least 4 members (excludes halogenated alkanes) is 1. The van der Waals surface area contributed by atoms with Gasteiger partial charge in [0.05, 0.1) is 21.7 Å². The Hall–Kier alpha value is -6.80. The van der Waals surface area contributed by atoms with Crippen LogP contribution in [0.4, 0.5) is 30.2 Å². The second-order valence-electron chi connectivity index (χ2n) is 26.9. The van der Waals surface area contributed by atoms with Gasteiger partial charge in [0.1, 0.15) is 10.9 Å². The maximum Gasteiger partial charge on any atom is 0.501 e. The number of halogens is 3. The van der Waals surface area contributed by atoms with Crippen LogP contribution in [0.2, 0.25) is 0 Å². The molecule has 3 saturated heterocycles. The lowest BCUT2D eigenvalue weighted by atomic mass is 9.33. The summed E-state index contributed by atoms with van der Waals surface area (Å²) >= 11 is 1.41. The van der Waals surface area contributed by atoms with Crippen LogP contribution < -0.4 is 30.9 Å². The third-order valence-corrected chi connectivity index (χ3v) is 23.4. The van der Waals surface area contributed by atoms with Crippen LogP contribution in [-0.4, -0.2) is 155 Å². The molecule has 4 heterocycles. The molecule has 0 aromatic heterocycles. The van der Waals surface area contributed by atoms with Gasteiger partial charge in [-0.05, 0) is 160 Å². The Morgan fingerprint density at radius 2 is 1.49 bits per heavy atom. The average molecular weight is 1310 g/mol. The number of allylic oxidation sites excluding steroid dienone is 1. The van der Waals surface area contributed by atoms with E-state index in [-0.39, 0.29) is 53.7 Å². The van der Waals surface area contributed by atoms with Crippen LogP contribution in [0.15, 0.2) is 117 Å². The molecule has 4 aliphatic heterocycles. The van der Waals surface area contributed by atoms with Gasteiger partial charge in [-0.2, -0.15) is 13.2 Å². The maximum atomic E-state index is 14.5. The second kappa shape index (κ2) is 26.3. The fourth-order valence-electron chi connectivity index (χ4n) is 14.7. The van der Waals surface area contributed by atoms with Gasteiger partial charge in [-0.25, -0.2) is 21.6 Å². The quantitative estimate of drug-likeness (QED) is 0.0190. The Morgan fingerprint density at radius 3 is 2.18 bits per heavy atom. The highest BCUT2D eigenvalue weighted by Crippen LogP contribution is 2.77. The van der Waals surface area contributed by atoms with Gasteiger partial charge in [0.2, 0.25) is 17.7 Å². The van der Waals surface area contributed by atoms with Gasteiger partial charge in [-0.15, -0.1) is 11.8 Å². The summed E-state index contributed by atoms with van der Waals surface area (Å²) in [4.78, 5) is 84.1. The number of nitrogens with one attached hydrogen (secondary N) is 5. The van der Waals surface area contributed by atoms with E-state index < -0.39 is 82.5 Å². The van der Waals surface area contributed by atoms with Crippen LogP contribution >= 0.6 is 11.8 Å². The zero-order valence-electron chi connectivity index (χ0n) is 51.6. The number of hydrogen-bond acceptors (Lipinski definition) is 16. The molecular weight excluding hydrogens is 1230 g/mol. The highest BCUT2D eigenvalue weighted by molar-refractivity contribution is 7.99. The third-order valence-electron chi connectivity index (χ3n) is 19.4. The van der Waals surface area contributed by atoms with E-state index >= 15 is 0 Å². The van der Waals surface area contributed by atoms with Crippen molar-refractivity contribution in [3.05, 3.63) is 119 Å². The average Bonchev–Trinajstić information content (AvgIpc) is 1.14. The first-order valence-electron chi connectivity index (χ1n) is 31.5. The normalized spacial score (nSPS) is 23.4. The van der Waals surface area contributed by atoms with Gasteiger partial charge in [-0.1, -0.05) is 56.2 Å². The lowest BCUT2D eigenvalue weighted by Crippen LogP contribution is -2.61. The number of imide groups is 2. The number of piperidine rings is 2. The predicted molar refractivity (Wildman–Crippen MR) is 341 cm³/mol. The number of alkyl halides is 3. The van der Waals surface area contributed by atoms with Crippen molar-refractivity contribution in [1.29, 1.82) is 0 Å². The fourth-order valence-corrected chi connectivity index (χ4v) is 17.7. The molecule has 25 heteroatoms. The molecule has 8 aliphatic rings. The van der Waals surface area contributed by atoms with Crippen molar-refractivity contribution in [2.24, 2.45) is 16.2 Å². The van der Waals surface area contributed by atoms with Crippen molar-refractivity contribution < 1.29 is 58.8 Å². The van der Waals surface area contributed by atoms with E-state index in [1.165, 1.54) is 62.1 Å². The fraction of sp³-hybridized carbons (Fsp3) is 0.515. The first-order chi connectivity index (χ1) is 43.2. The highest BCUT2D eigenvalue weighted by atomic mass is 32.2. The monoisotopic (exact) mass is 1310 g/mol. The molecule has 5 N–H and O–H groups in total. The van der Waals surface area contributed by atoms with E-state index in [1.54, 1.807) is 35.4 Å². The summed E-state index contributed by atoms with van der Waals surface area (Å²) in [6, 6.07) is 21.1. The van der Waals surface area contributed by atoms with Crippen LogP contribution in [0.3, 0.4) is 0 Å². The summed E-state index contributed by atoms with van der Waals surface area (Å²) in [5.74, 6) is -3.27. The molecule has 2 atom stereocenters. The van der Waals surface area contributed by atoms with Crippen molar-refractivity contribution >= 4 is 84.1 Å². The zero-order chi connectivity index (χ0) is 64.7. The number of carbonyl (C=O) groups excluding carboxylic acids is 6. The maximum absolute atomic E-state index is 14.5. The smallest absolute Gasteiger partial charge is 0.384 e. The SMILES string of the molecule is CC1(C)CCC(CN2CCN(c3ccc(C(=O)NS(=O)(=O)c4ccc(N[C@H](CCN5CCC(NC(=O)CCCCNc6cccc7c6C(=O)N(C6CCC(=O)NC6=O)C7=O)CC5)CSc5ccccc5)c(S(=O)(=O)C(F)(F)F)c4)cc3)CC2)=C(C23CC(C)(C2)C3)C1. The van der Waals surface area contributed by atoms with Gasteiger partial charge < -0.3 is 25.8 Å². The number of likely N-dealkylation sites (tertiary alicyclic amines) is 1. The summed E-state index contributed by atoms with van der Waals surface area (Å²) in [5.41, 5.74) is -0.0331. The summed E-state index contributed by atoms with van der Waals surface area (Å²) in [6.45, 7) is 13.5. The van der Waals surface area contributed by atoms with Crippen molar-refractivity contribution in [1.82, 2.24) is 30.1 Å². The molecule has 4 aromatic rings. The minimum Gasteiger partial charge on any atom is -0.384 e. The third kappa shape index (κ3) is 14.5. The molecule has 12 rings (SSSR count). The van der Waals surface area contributed by atoms with E-state index in [2.05, 4.69) is 56.7 Å². The number of nitrogens with zero attached hydrogens (tertiary/aromatic N) is 4. The number of amides is 6. The molecule has 0 radical (unpaired) electrons. The number of anilines is 3. The summed E-state index contributed by atoms with van der Waals surface area (Å²) in [6.07, 6.45) is 10.4. The molecule has 488 valence electrons. The molecule has 6 amide bonds. The van der Waals surface area contributed by atoms with E-state index in [4.69, 9.17) is 0 Å². The Bertz CT molecular complexity index is 3720. The van der Waals surface area contributed by atoms with E-state index in [9.17, 15) is 58.8 Å². The molecule has 1 unspecified atom stereocenters. The van der Waals surface area contributed by atoms with E-state index in [0.29, 0.717) is 86.3 Å². The molecule has 4 aliphatic carbocycles. The Kier molecular flexibility index (Phi) is 19.0. The zero-order valence-corrected chi connectivity index (χ0v) is 54.0. The Labute approximate surface area is 534 Å². The number of fused-ring (bicyclic) bond motifs is 1. The number of sulfone groups is 1. The second-order valence-corrected chi connectivity index (χ2v) is 31.6. The molecule has 6 fully saturated rings. The van der Waals surface area contributed by atoms with E-state index in [1.807, 2.05) is 35.1 Å². The molecule has 4 aromatic carbocycles. The molecule has 0 spiro atoms. The summed E-state index contributed by atoms with van der Waals surface area (Å²) < 4.78 is 99.9. The van der Waals surface area contributed by atoms with Crippen LogP contribution in [0.25, 0.3) is 0 Å². The van der Waals surface area contributed by atoms with Crippen molar-refractivity contribution in [3.8, 4) is 0 Å². The van der Waals surface area contributed by atoms with E-state index in [0.717, 1.165) is 66.8 Å². The highest BCUT2D eigenvalue weighted by Gasteiger charge is 2.67. The number of benzene rings is 4. The lowest BCUT2D eigenvalue weighted by molar-refractivity contribution is -0.167. The van der Waals surface area contributed by atoms with Gasteiger partial charge in [0.25, 0.3) is 37.6 Å². The summed E-state index contributed by atoms with van der Waals surface area (Å²) in [5, 5.41) is 11.5. The lowest BCUT2D eigenvalue weighted by Gasteiger charge is -2.72. The van der Waals surface area contributed by atoms with Crippen LogP contribution in [0.5, 0.6) is 0 Å². The van der Waals surface area contributed by atoms with Crippen molar-refractivity contribution in [3.63, 3.8) is 0 Å². The van der Waals surface area contributed by atoms with Crippen LogP contribution in [-0.2, 0) is 34.2 Å². The van der Waals surface area contributed by atoms with Crippen molar-refractivity contribution in [2.75, 3.05) is 80.2 Å². The van der Waals surface area contributed by atoms with Gasteiger partial charge in [-0.3, -0.25) is 43.9 Å². The first kappa shape index (κ1) is 65.7. The number of sulfonamides is 1. The molecular formula is C66H80F3N9O10S3. The first-order valence-corrected chi connectivity index (χ1v) is 35.5. The van der Waals surface area contributed by atoms with Crippen LogP contribution in [0, 0.1) is 16.2 Å². The van der Waals surface area contributed by atoms with Gasteiger partial charge in [0, 0.05) is 111 Å². The molecule has 91 heavy (non-hydrogen) atoms.